The number of halogens is 2. The van der Waals surface area contributed by atoms with Crippen molar-refractivity contribution < 1.29 is 27.7 Å². The maximum Gasteiger partial charge on any atom is 0.158 e. The summed E-state index contributed by atoms with van der Waals surface area (Å²) in [5.41, 5.74) is -0.599. The minimum Gasteiger partial charge on any atom is -0.375 e. The molecule has 1 fully saturated rings. The molecule has 0 aromatic heterocycles. The number of alkyl halides is 2. The van der Waals surface area contributed by atoms with Gasteiger partial charge >= 0.3 is 0 Å². The number of rotatable bonds is 11. The molecule has 1 aromatic carbocycles. The van der Waals surface area contributed by atoms with E-state index in [9.17, 15) is 8.78 Å². The molecule has 1 aliphatic heterocycles. The molecule has 0 radical (unpaired) electrons. The molecule has 0 saturated carbocycles. The Kier molecular flexibility index (Phi) is 8.80. The number of hydrogen-bond donors (Lipinski definition) is 0. The van der Waals surface area contributed by atoms with Crippen molar-refractivity contribution >= 4 is 0 Å². The summed E-state index contributed by atoms with van der Waals surface area (Å²) in [6.45, 7) is 0.0793. The molecule has 4 unspecified atom stereocenters. The van der Waals surface area contributed by atoms with E-state index in [4.69, 9.17) is 18.9 Å². The summed E-state index contributed by atoms with van der Waals surface area (Å²) >= 11 is 0. The van der Waals surface area contributed by atoms with Gasteiger partial charge in [-0.05, 0) is 30.9 Å². The van der Waals surface area contributed by atoms with Crippen LogP contribution in [-0.2, 0) is 25.6 Å². The van der Waals surface area contributed by atoms with Crippen LogP contribution in [0, 0.1) is 0 Å². The lowest BCUT2D eigenvalue weighted by Gasteiger charge is -2.32. The van der Waals surface area contributed by atoms with Crippen LogP contribution < -0.4 is 0 Å². The van der Waals surface area contributed by atoms with E-state index in [1.54, 1.807) is 18.2 Å². The van der Waals surface area contributed by atoms with Crippen molar-refractivity contribution in [2.75, 3.05) is 26.5 Å². The second-order valence-corrected chi connectivity index (χ2v) is 7.50. The van der Waals surface area contributed by atoms with Crippen molar-refractivity contribution in [2.45, 2.75) is 56.5 Å². The molecule has 1 heterocycles. The van der Waals surface area contributed by atoms with Crippen LogP contribution in [0.5, 0.6) is 0 Å². The van der Waals surface area contributed by atoms with E-state index in [-0.39, 0.29) is 26.2 Å². The minimum absolute atomic E-state index is 0.0342. The van der Waals surface area contributed by atoms with Gasteiger partial charge < -0.3 is 18.9 Å². The van der Waals surface area contributed by atoms with Crippen molar-refractivity contribution in [3.8, 4) is 0 Å². The van der Waals surface area contributed by atoms with Gasteiger partial charge in [-0.1, -0.05) is 48.6 Å². The predicted octanol–water partition coefficient (Wildman–Crippen LogP) is 4.69. The van der Waals surface area contributed by atoms with Gasteiger partial charge in [-0.25, -0.2) is 8.78 Å². The summed E-state index contributed by atoms with van der Waals surface area (Å²) in [5, 5.41) is 0. The Labute approximate surface area is 171 Å². The second kappa shape index (κ2) is 11.6. The van der Waals surface area contributed by atoms with Crippen LogP contribution in [0.2, 0.25) is 0 Å². The first-order chi connectivity index (χ1) is 14.2. The SMILES string of the molecule is FCC(OCc1ccccc1)C(COCC1(F)C=CC=CC1)OC1CCCCO1. The third-order valence-corrected chi connectivity index (χ3v) is 5.06. The summed E-state index contributed by atoms with van der Waals surface area (Å²) < 4.78 is 51.6. The number of ether oxygens (including phenoxy) is 4. The zero-order valence-corrected chi connectivity index (χ0v) is 16.7. The van der Waals surface area contributed by atoms with Crippen LogP contribution in [0.1, 0.15) is 31.2 Å². The summed E-state index contributed by atoms with van der Waals surface area (Å²) in [4.78, 5) is 0. The molecular weight excluding hydrogens is 378 g/mol. The van der Waals surface area contributed by atoms with E-state index in [1.807, 2.05) is 30.3 Å². The van der Waals surface area contributed by atoms with Gasteiger partial charge in [-0.15, -0.1) is 0 Å². The van der Waals surface area contributed by atoms with Gasteiger partial charge in [-0.2, -0.15) is 0 Å². The zero-order valence-electron chi connectivity index (χ0n) is 16.7. The molecule has 29 heavy (non-hydrogen) atoms. The van der Waals surface area contributed by atoms with Gasteiger partial charge in [0.15, 0.2) is 12.0 Å². The van der Waals surface area contributed by atoms with Crippen LogP contribution in [0.25, 0.3) is 0 Å². The molecule has 1 saturated heterocycles. The lowest BCUT2D eigenvalue weighted by Crippen LogP contribution is -2.42. The van der Waals surface area contributed by atoms with Gasteiger partial charge in [0.25, 0.3) is 0 Å². The van der Waals surface area contributed by atoms with Crippen LogP contribution in [0.4, 0.5) is 8.78 Å². The van der Waals surface area contributed by atoms with Crippen molar-refractivity contribution in [2.24, 2.45) is 0 Å². The fraction of sp³-hybridized carbons (Fsp3) is 0.565. The topological polar surface area (TPSA) is 36.9 Å². The monoisotopic (exact) mass is 408 g/mol. The maximum absolute atomic E-state index is 14.7. The van der Waals surface area contributed by atoms with E-state index >= 15 is 0 Å². The highest BCUT2D eigenvalue weighted by Crippen LogP contribution is 2.24. The number of benzene rings is 1. The molecule has 160 valence electrons. The highest BCUT2D eigenvalue weighted by Gasteiger charge is 2.31. The molecule has 1 aromatic rings. The normalized spacial score (nSPS) is 26.3. The molecule has 0 spiro atoms. The van der Waals surface area contributed by atoms with Crippen LogP contribution in [0.3, 0.4) is 0 Å². The first-order valence-electron chi connectivity index (χ1n) is 10.3. The van der Waals surface area contributed by atoms with Gasteiger partial charge in [0, 0.05) is 13.0 Å². The molecule has 1 aliphatic carbocycles. The summed E-state index contributed by atoms with van der Waals surface area (Å²) in [5.74, 6) is 0. The van der Waals surface area contributed by atoms with E-state index < -0.39 is 30.8 Å². The van der Waals surface area contributed by atoms with Gasteiger partial charge in [0.05, 0.1) is 19.8 Å². The first-order valence-corrected chi connectivity index (χ1v) is 10.3. The average Bonchev–Trinajstić information content (AvgIpc) is 2.76. The molecule has 0 bridgehead atoms. The van der Waals surface area contributed by atoms with Crippen LogP contribution in [-0.4, -0.2) is 50.7 Å². The Morgan fingerprint density at radius 1 is 1.14 bits per heavy atom. The Hall–Kier alpha value is -1.60. The van der Waals surface area contributed by atoms with Crippen LogP contribution in [0.15, 0.2) is 54.6 Å². The lowest BCUT2D eigenvalue weighted by molar-refractivity contribution is -0.227. The second-order valence-electron chi connectivity index (χ2n) is 7.50. The zero-order chi connectivity index (χ0) is 20.4. The third kappa shape index (κ3) is 7.30. The van der Waals surface area contributed by atoms with Crippen molar-refractivity contribution in [3.05, 3.63) is 60.2 Å². The maximum atomic E-state index is 14.7. The van der Waals surface area contributed by atoms with Crippen LogP contribution >= 0.6 is 0 Å². The number of allylic oxidation sites excluding steroid dienone is 3. The molecule has 6 heteroatoms. The Bertz CT molecular complexity index is 646. The first kappa shape index (κ1) is 22.1. The summed E-state index contributed by atoms with van der Waals surface area (Å²) in [6, 6.07) is 9.56. The van der Waals surface area contributed by atoms with Gasteiger partial charge in [0.1, 0.15) is 18.9 Å². The highest BCUT2D eigenvalue weighted by atomic mass is 19.1. The summed E-state index contributed by atoms with van der Waals surface area (Å²) in [6.07, 6.45) is 7.81. The smallest absolute Gasteiger partial charge is 0.158 e. The highest BCUT2D eigenvalue weighted by molar-refractivity contribution is 5.18. The molecular formula is C23H30F2O4. The fourth-order valence-electron chi connectivity index (χ4n) is 3.37. The van der Waals surface area contributed by atoms with Crippen molar-refractivity contribution in [1.29, 1.82) is 0 Å². The molecule has 0 amide bonds. The Morgan fingerprint density at radius 3 is 2.69 bits per heavy atom. The minimum atomic E-state index is -1.54. The predicted molar refractivity (Wildman–Crippen MR) is 107 cm³/mol. The molecule has 3 rings (SSSR count). The lowest BCUT2D eigenvalue weighted by atomic mass is 9.98. The summed E-state index contributed by atoms with van der Waals surface area (Å²) in [7, 11) is 0. The average molecular weight is 408 g/mol. The standard InChI is InChI=1S/C23H30F2O4/c24-15-20(28-16-19-9-3-1-4-10-19)21(29-22-11-5-8-14-27-22)17-26-18-23(25)12-6-2-7-13-23/h1-4,6-7,9-10,12,20-22H,5,8,11,13-18H2. The largest absolute Gasteiger partial charge is 0.375 e. The molecule has 4 atom stereocenters. The third-order valence-electron chi connectivity index (χ3n) is 5.06. The van der Waals surface area contributed by atoms with Crippen molar-refractivity contribution in [3.63, 3.8) is 0 Å². The Morgan fingerprint density at radius 2 is 2.00 bits per heavy atom. The van der Waals surface area contributed by atoms with E-state index in [0.717, 1.165) is 24.8 Å². The number of hydrogen-bond acceptors (Lipinski definition) is 4. The van der Waals surface area contributed by atoms with E-state index in [2.05, 4.69) is 0 Å². The van der Waals surface area contributed by atoms with Gasteiger partial charge in [0.2, 0.25) is 0 Å². The quantitative estimate of drug-likeness (QED) is 0.532. The molecule has 2 aliphatic rings. The van der Waals surface area contributed by atoms with E-state index in [1.165, 1.54) is 6.08 Å². The molecule has 4 nitrogen and oxygen atoms in total. The molecule has 0 N–H and O–H groups in total. The van der Waals surface area contributed by atoms with E-state index in [0.29, 0.717) is 6.61 Å². The van der Waals surface area contributed by atoms with Gasteiger partial charge in [-0.3, -0.25) is 0 Å². The Balaban J connectivity index is 1.57. The fourth-order valence-corrected chi connectivity index (χ4v) is 3.37. The van der Waals surface area contributed by atoms with Crippen molar-refractivity contribution in [1.82, 2.24) is 0 Å².